The van der Waals surface area contributed by atoms with Crippen molar-refractivity contribution in [1.29, 1.82) is 0 Å². The first-order chi connectivity index (χ1) is 16.7. The topological polar surface area (TPSA) is 99.4 Å². The Morgan fingerprint density at radius 1 is 1.12 bits per heavy atom. The highest BCUT2D eigenvalue weighted by Gasteiger charge is 2.29. The van der Waals surface area contributed by atoms with E-state index < -0.39 is 0 Å². The monoisotopic (exact) mass is 465 g/mol. The molecule has 2 aromatic carbocycles. The first-order valence-electron chi connectivity index (χ1n) is 11.5. The van der Waals surface area contributed by atoms with E-state index in [4.69, 9.17) is 9.26 Å². The number of rotatable bonds is 11. The molecule has 1 aliphatic heterocycles. The number of H-pyrrole nitrogens is 1. The van der Waals surface area contributed by atoms with Crippen LogP contribution in [0.3, 0.4) is 0 Å². The van der Waals surface area contributed by atoms with Gasteiger partial charge in [0.25, 0.3) is 0 Å². The van der Waals surface area contributed by atoms with Gasteiger partial charge in [0.2, 0.25) is 0 Å². The van der Waals surface area contributed by atoms with Crippen LogP contribution in [0.1, 0.15) is 24.0 Å². The fourth-order valence-corrected chi connectivity index (χ4v) is 4.29. The smallest absolute Gasteiger partial charge is 0.131 e. The molecule has 0 aliphatic carbocycles. The van der Waals surface area contributed by atoms with E-state index in [1.807, 2.05) is 12.3 Å². The SMILES string of the molecule is OCc1cc(F)cc(CNCCCCOC2CN(c3cc(-c4cnoc4)cc4[nH]ncc34)C2)c1. The average molecular weight is 466 g/mol. The van der Waals surface area contributed by atoms with Crippen molar-refractivity contribution in [2.75, 3.05) is 31.1 Å². The highest BCUT2D eigenvalue weighted by atomic mass is 19.1. The summed E-state index contributed by atoms with van der Waals surface area (Å²) in [5.41, 5.74) is 5.53. The zero-order valence-electron chi connectivity index (χ0n) is 18.8. The molecule has 1 aliphatic rings. The number of aliphatic hydroxyl groups excluding tert-OH is 1. The summed E-state index contributed by atoms with van der Waals surface area (Å²) < 4.78 is 24.6. The molecule has 9 heteroatoms. The van der Waals surface area contributed by atoms with Crippen molar-refractivity contribution in [3.05, 3.63) is 65.9 Å². The van der Waals surface area contributed by atoms with Crippen LogP contribution < -0.4 is 10.2 Å². The predicted molar refractivity (Wildman–Crippen MR) is 127 cm³/mol. The molecule has 2 aromatic heterocycles. The number of nitrogens with one attached hydrogen (secondary N) is 2. The number of aromatic amines is 1. The zero-order chi connectivity index (χ0) is 23.3. The molecular weight excluding hydrogens is 437 g/mol. The fourth-order valence-electron chi connectivity index (χ4n) is 4.29. The van der Waals surface area contributed by atoms with Crippen molar-refractivity contribution in [3.63, 3.8) is 0 Å². The lowest BCUT2D eigenvalue weighted by atomic mass is 10.0. The van der Waals surface area contributed by atoms with E-state index >= 15 is 0 Å². The molecule has 5 rings (SSSR count). The van der Waals surface area contributed by atoms with Gasteiger partial charge in [-0.3, -0.25) is 5.10 Å². The van der Waals surface area contributed by atoms with Crippen LogP contribution in [0.2, 0.25) is 0 Å². The number of hydrogen-bond donors (Lipinski definition) is 3. The number of anilines is 1. The highest BCUT2D eigenvalue weighted by Crippen LogP contribution is 2.34. The third-order valence-electron chi connectivity index (χ3n) is 6.12. The van der Waals surface area contributed by atoms with Crippen LogP contribution in [0.5, 0.6) is 0 Å². The molecular formula is C25H28FN5O3. The Morgan fingerprint density at radius 3 is 2.82 bits per heavy atom. The molecule has 0 atom stereocenters. The minimum Gasteiger partial charge on any atom is -0.392 e. The van der Waals surface area contributed by atoms with E-state index in [0.717, 1.165) is 72.4 Å². The Balaban J connectivity index is 1.03. The molecule has 3 heterocycles. The number of benzene rings is 2. The van der Waals surface area contributed by atoms with Crippen molar-refractivity contribution in [3.8, 4) is 11.1 Å². The normalized spacial score (nSPS) is 14.1. The van der Waals surface area contributed by atoms with Crippen LogP contribution in [0.15, 0.2) is 53.5 Å². The molecule has 0 bridgehead atoms. The first-order valence-corrected chi connectivity index (χ1v) is 11.5. The number of fused-ring (bicyclic) bond motifs is 1. The van der Waals surface area contributed by atoms with Gasteiger partial charge in [-0.05, 0) is 60.3 Å². The lowest BCUT2D eigenvalue weighted by molar-refractivity contribution is 0.0324. The second-order valence-electron chi connectivity index (χ2n) is 8.65. The van der Waals surface area contributed by atoms with E-state index in [1.54, 1.807) is 12.5 Å². The summed E-state index contributed by atoms with van der Waals surface area (Å²) in [4.78, 5) is 2.31. The number of hydrogen-bond acceptors (Lipinski definition) is 7. The Labute approximate surface area is 196 Å². The maximum Gasteiger partial charge on any atom is 0.131 e. The first kappa shape index (κ1) is 22.5. The average Bonchev–Trinajstić information content (AvgIpc) is 3.51. The van der Waals surface area contributed by atoms with E-state index in [9.17, 15) is 9.50 Å². The summed E-state index contributed by atoms with van der Waals surface area (Å²) in [6, 6.07) is 8.87. The van der Waals surface area contributed by atoms with Crippen molar-refractivity contribution in [2.45, 2.75) is 32.1 Å². The number of unbranched alkanes of at least 4 members (excludes halogenated alkanes) is 1. The molecule has 1 saturated heterocycles. The van der Waals surface area contributed by atoms with Crippen molar-refractivity contribution in [1.82, 2.24) is 20.7 Å². The van der Waals surface area contributed by atoms with E-state index in [0.29, 0.717) is 12.1 Å². The van der Waals surface area contributed by atoms with E-state index in [1.165, 1.54) is 12.1 Å². The maximum atomic E-state index is 13.5. The summed E-state index contributed by atoms with van der Waals surface area (Å²) in [5.74, 6) is -0.315. The highest BCUT2D eigenvalue weighted by molar-refractivity contribution is 5.96. The van der Waals surface area contributed by atoms with E-state index in [2.05, 4.69) is 37.7 Å². The number of aromatic nitrogens is 3. The molecule has 1 fully saturated rings. The molecule has 0 unspecified atom stereocenters. The van der Waals surface area contributed by atoms with Gasteiger partial charge < -0.3 is 24.6 Å². The minimum absolute atomic E-state index is 0.152. The minimum atomic E-state index is -0.315. The summed E-state index contributed by atoms with van der Waals surface area (Å²) >= 11 is 0. The van der Waals surface area contributed by atoms with Gasteiger partial charge in [-0.15, -0.1) is 0 Å². The predicted octanol–water partition coefficient (Wildman–Crippen LogP) is 3.62. The maximum absolute atomic E-state index is 13.5. The van der Waals surface area contributed by atoms with Gasteiger partial charge in [-0.2, -0.15) is 5.10 Å². The van der Waals surface area contributed by atoms with Crippen LogP contribution in [-0.2, 0) is 17.9 Å². The standard InChI is InChI=1S/C25H28FN5O3/c26-21-6-17(5-18(7-21)15-32)10-27-3-1-2-4-33-22-13-31(14-22)25-9-19(20-11-29-34-16-20)8-24-23(25)12-28-30-24/h5-9,11-12,16,22,27,32H,1-4,10,13-15H2,(H,28,30). The van der Waals surface area contributed by atoms with Gasteiger partial charge >= 0.3 is 0 Å². The van der Waals surface area contributed by atoms with Crippen LogP contribution in [-0.4, -0.2) is 52.8 Å². The molecule has 0 amide bonds. The molecule has 0 radical (unpaired) electrons. The van der Waals surface area contributed by atoms with Gasteiger partial charge in [0.05, 0.1) is 30.6 Å². The molecule has 178 valence electrons. The second kappa shape index (κ2) is 10.3. The molecule has 4 aromatic rings. The summed E-state index contributed by atoms with van der Waals surface area (Å²) in [5, 5.41) is 24.7. The van der Waals surface area contributed by atoms with Crippen LogP contribution >= 0.6 is 0 Å². The van der Waals surface area contributed by atoms with Gasteiger partial charge in [-0.25, -0.2) is 4.39 Å². The Hall–Kier alpha value is -3.27. The summed E-state index contributed by atoms with van der Waals surface area (Å²) in [6.45, 7) is 3.67. The van der Waals surface area contributed by atoms with Crippen LogP contribution in [0, 0.1) is 5.82 Å². The molecule has 3 N–H and O–H groups in total. The molecule has 8 nitrogen and oxygen atoms in total. The zero-order valence-corrected chi connectivity index (χ0v) is 18.8. The Bertz CT molecular complexity index is 1220. The lowest BCUT2D eigenvalue weighted by Crippen LogP contribution is -2.52. The van der Waals surface area contributed by atoms with Crippen molar-refractivity contribution in [2.24, 2.45) is 0 Å². The summed E-state index contributed by atoms with van der Waals surface area (Å²) in [6.07, 6.45) is 7.38. The van der Waals surface area contributed by atoms with E-state index in [-0.39, 0.29) is 18.5 Å². The third-order valence-corrected chi connectivity index (χ3v) is 6.12. The Morgan fingerprint density at radius 2 is 2.00 bits per heavy atom. The molecule has 0 spiro atoms. The second-order valence-corrected chi connectivity index (χ2v) is 8.65. The third kappa shape index (κ3) is 5.11. The van der Waals surface area contributed by atoms with Gasteiger partial charge in [-0.1, -0.05) is 11.2 Å². The fraction of sp³-hybridized carbons (Fsp3) is 0.360. The number of ether oxygens (including phenoxy) is 1. The lowest BCUT2D eigenvalue weighted by Gasteiger charge is -2.41. The summed E-state index contributed by atoms with van der Waals surface area (Å²) in [7, 11) is 0. The number of halogens is 1. The van der Waals surface area contributed by atoms with Crippen LogP contribution in [0.25, 0.3) is 22.0 Å². The van der Waals surface area contributed by atoms with Gasteiger partial charge in [0, 0.05) is 42.9 Å². The van der Waals surface area contributed by atoms with Crippen molar-refractivity contribution >= 4 is 16.6 Å². The number of aliphatic hydroxyl groups is 1. The van der Waals surface area contributed by atoms with Gasteiger partial charge in [0.1, 0.15) is 12.1 Å². The quantitative estimate of drug-likeness (QED) is 0.291. The number of nitrogens with zero attached hydrogens (tertiary/aromatic N) is 3. The van der Waals surface area contributed by atoms with Crippen molar-refractivity contribution < 1.29 is 18.8 Å². The van der Waals surface area contributed by atoms with Crippen LogP contribution in [0.4, 0.5) is 10.1 Å². The molecule has 0 saturated carbocycles. The largest absolute Gasteiger partial charge is 0.392 e. The molecule has 34 heavy (non-hydrogen) atoms. The van der Waals surface area contributed by atoms with Gasteiger partial charge in [0.15, 0.2) is 0 Å². The Kier molecular flexibility index (Phi) is 6.84.